The summed E-state index contributed by atoms with van der Waals surface area (Å²) in [5.41, 5.74) is 0.0986. The Morgan fingerprint density at radius 2 is 2.29 bits per heavy atom. The molecule has 0 aromatic carbocycles. The molecule has 1 N–H and O–H groups in total. The Bertz CT molecular complexity index is 504. The maximum absolute atomic E-state index is 11.2. The Hall–Kier alpha value is -1.85. The molecule has 0 saturated carbocycles. The quantitative estimate of drug-likeness (QED) is 0.643. The zero-order valence-corrected chi connectivity index (χ0v) is 13.0. The van der Waals surface area contributed by atoms with Crippen molar-refractivity contribution in [1.29, 1.82) is 0 Å². The van der Waals surface area contributed by atoms with Gasteiger partial charge in [0.05, 0.1) is 4.92 Å². The monoisotopic (exact) mass is 292 g/mol. The van der Waals surface area contributed by atoms with Gasteiger partial charge in [0.25, 0.3) is 0 Å². The van der Waals surface area contributed by atoms with E-state index in [1.807, 2.05) is 0 Å². The van der Waals surface area contributed by atoms with Crippen LogP contribution in [0.15, 0.2) is 12.1 Å². The summed E-state index contributed by atoms with van der Waals surface area (Å²) in [4.78, 5) is 17.4. The second kappa shape index (κ2) is 6.74. The van der Waals surface area contributed by atoms with Gasteiger partial charge in [-0.15, -0.1) is 0 Å². The van der Waals surface area contributed by atoms with Gasteiger partial charge >= 0.3 is 5.69 Å². The van der Waals surface area contributed by atoms with Crippen LogP contribution >= 0.6 is 0 Å². The van der Waals surface area contributed by atoms with Crippen molar-refractivity contribution in [3.05, 3.63) is 22.2 Å². The number of hydrogen-bond acceptors (Lipinski definition) is 5. The predicted molar refractivity (Wildman–Crippen MR) is 84.8 cm³/mol. The Morgan fingerprint density at radius 3 is 2.86 bits per heavy atom. The number of hydrogen-bond donors (Lipinski definition) is 1. The highest BCUT2D eigenvalue weighted by Crippen LogP contribution is 2.33. The van der Waals surface area contributed by atoms with Crippen LogP contribution in [0.25, 0.3) is 0 Å². The Kier molecular flexibility index (Phi) is 4.98. The number of rotatable bonds is 6. The zero-order valence-electron chi connectivity index (χ0n) is 13.0. The fourth-order valence-corrected chi connectivity index (χ4v) is 2.69. The lowest BCUT2D eigenvalue weighted by atomic mass is 9.95. The normalized spacial score (nSPS) is 18.3. The van der Waals surface area contributed by atoms with Crippen LogP contribution < -0.4 is 10.2 Å². The summed E-state index contributed by atoms with van der Waals surface area (Å²) in [7, 11) is 0. The molecule has 1 unspecified atom stereocenters. The molecule has 1 aromatic heterocycles. The van der Waals surface area contributed by atoms with E-state index in [1.54, 1.807) is 12.1 Å². The first-order valence-corrected chi connectivity index (χ1v) is 7.67. The van der Waals surface area contributed by atoms with Gasteiger partial charge in [-0.05, 0) is 30.7 Å². The fourth-order valence-electron chi connectivity index (χ4n) is 2.69. The minimum Gasteiger partial charge on any atom is -0.370 e. The minimum absolute atomic E-state index is 0.0986. The van der Waals surface area contributed by atoms with Crippen molar-refractivity contribution in [3.63, 3.8) is 0 Å². The molecule has 1 aromatic rings. The van der Waals surface area contributed by atoms with Gasteiger partial charge in [-0.2, -0.15) is 0 Å². The first-order valence-electron chi connectivity index (χ1n) is 7.67. The Labute approximate surface area is 125 Å². The van der Waals surface area contributed by atoms with Gasteiger partial charge < -0.3 is 10.2 Å². The van der Waals surface area contributed by atoms with Gasteiger partial charge in [0.1, 0.15) is 5.82 Å². The van der Waals surface area contributed by atoms with Crippen LogP contribution in [-0.4, -0.2) is 29.5 Å². The van der Waals surface area contributed by atoms with E-state index in [-0.39, 0.29) is 10.6 Å². The molecule has 6 nitrogen and oxygen atoms in total. The van der Waals surface area contributed by atoms with E-state index >= 15 is 0 Å². The van der Waals surface area contributed by atoms with Crippen LogP contribution in [0.1, 0.15) is 33.6 Å². The number of aromatic nitrogens is 1. The SMILES string of the molecule is CCCNc1ccc([N+](=O)[O-])c(N2CCC(C(C)C)C2)n1. The second-order valence-electron chi connectivity index (χ2n) is 5.96. The number of nitro groups is 1. The van der Waals surface area contributed by atoms with Gasteiger partial charge in [0, 0.05) is 25.7 Å². The Morgan fingerprint density at radius 1 is 1.52 bits per heavy atom. The molecule has 2 heterocycles. The first-order chi connectivity index (χ1) is 10.0. The van der Waals surface area contributed by atoms with Crippen LogP contribution in [0.3, 0.4) is 0 Å². The van der Waals surface area contributed by atoms with Crippen molar-refractivity contribution in [1.82, 2.24) is 4.98 Å². The third kappa shape index (κ3) is 3.62. The number of nitrogens with one attached hydrogen (secondary N) is 1. The van der Waals surface area contributed by atoms with Gasteiger partial charge in [-0.3, -0.25) is 10.1 Å². The van der Waals surface area contributed by atoms with E-state index in [4.69, 9.17) is 0 Å². The molecule has 1 saturated heterocycles. The summed E-state index contributed by atoms with van der Waals surface area (Å²) < 4.78 is 0. The van der Waals surface area contributed by atoms with E-state index in [0.29, 0.717) is 23.5 Å². The lowest BCUT2D eigenvalue weighted by Gasteiger charge is -2.19. The van der Waals surface area contributed by atoms with Crippen LogP contribution in [0.2, 0.25) is 0 Å². The van der Waals surface area contributed by atoms with Gasteiger partial charge in [-0.25, -0.2) is 4.98 Å². The van der Waals surface area contributed by atoms with Crippen LogP contribution in [-0.2, 0) is 0 Å². The Balaban J connectivity index is 2.24. The van der Waals surface area contributed by atoms with E-state index in [1.165, 1.54) is 0 Å². The van der Waals surface area contributed by atoms with Crippen molar-refractivity contribution in [2.24, 2.45) is 11.8 Å². The standard InChI is InChI=1S/C15H24N4O2/c1-4-8-16-14-6-5-13(19(20)21)15(17-14)18-9-7-12(10-18)11(2)3/h5-6,11-12H,4,7-10H2,1-3H3,(H,16,17). The highest BCUT2D eigenvalue weighted by Gasteiger charge is 2.30. The first kappa shape index (κ1) is 15.5. The summed E-state index contributed by atoms with van der Waals surface area (Å²) in [6.07, 6.45) is 2.07. The zero-order chi connectivity index (χ0) is 15.4. The van der Waals surface area contributed by atoms with Crippen LogP contribution in [0.5, 0.6) is 0 Å². The molecule has 0 radical (unpaired) electrons. The highest BCUT2D eigenvalue weighted by atomic mass is 16.6. The molecule has 2 rings (SSSR count). The fraction of sp³-hybridized carbons (Fsp3) is 0.667. The van der Waals surface area contributed by atoms with E-state index in [2.05, 4.69) is 36.0 Å². The van der Waals surface area contributed by atoms with Crippen molar-refractivity contribution < 1.29 is 4.92 Å². The molecular formula is C15H24N4O2. The smallest absolute Gasteiger partial charge is 0.311 e. The topological polar surface area (TPSA) is 71.3 Å². The lowest BCUT2D eigenvalue weighted by Crippen LogP contribution is -2.23. The number of anilines is 2. The van der Waals surface area contributed by atoms with Crippen molar-refractivity contribution in [2.45, 2.75) is 33.6 Å². The summed E-state index contributed by atoms with van der Waals surface area (Å²) >= 11 is 0. The molecule has 0 spiro atoms. The summed E-state index contributed by atoms with van der Waals surface area (Å²) in [6, 6.07) is 3.25. The number of nitrogens with zero attached hydrogens (tertiary/aromatic N) is 3. The maximum Gasteiger partial charge on any atom is 0.311 e. The largest absolute Gasteiger partial charge is 0.370 e. The van der Waals surface area contributed by atoms with Gasteiger partial charge in [0.15, 0.2) is 0 Å². The molecule has 1 aliphatic rings. The molecule has 0 aliphatic carbocycles. The molecule has 21 heavy (non-hydrogen) atoms. The molecule has 6 heteroatoms. The summed E-state index contributed by atoms with van der Waals surface area (Å²) in [5.74, 6) is 2.39. The average Bonchev–Trinajstić information content (AvgIpc) is 2.94. The second-order valence-corrected chi connectivity index (χ2v) is 5.96. The van der Waals surface area contributed by atoms with Crippen molar-refractivity contribution in [3.8, 4) is 0 Å². The molecule has 116 valence electrons. The molecule has 0 amide bonds. The predicted octanol–water partition coefficient (Wildman–Crippen LogP) is 3.29. The molecule has 1 fully saturated rings. The molecule has 1 aliphatic heterocycles. The van der Waals surface area contributed by atoms with Crippen LogP contribution in [0, 0.1) is 22.0 Å². The molecule has 0 bridgehead atoms. The van der Waals surface area contributed by atoms with Crippen molar-refractivity contribution >= 4 is 17.3 Å². The third-order valence-corrected chi connectivity index (χ3v) is 4.07. The van der Waals surface area contributed by atoms with E-state index < -0.39 is 0 Å². The minimum atomic E-state index is -0.339. The van der Waals surface area contributed by atoms with E-state index in [0.717, 1.165) is 32.5 Å². The summed E-state index contributed by atoms with van der Waals surface area (Å²) in [5, 5.41) is 14.4. The maximum atomic E-state index is 11.2. The molecular weight excluding hydrogens is 268 g/mol. The lowest BCUT2D eigenvalue weighted by molar-refractivity contribution is -0.384. The van der Waals surface area contributed by atoms with E-state index in [9.17, 15) is 10.1 Å². The van der Waals surface area contributed by atoms with Crippen LogP contribution in [0.4, 0.5) is 17.3 Å². The third-order valence-electron chi connectivity index (χ3n) is 4.07. The van der Waals surface area contributed by atoms with Gasteiger partial charge in [0.2, 0.25) is 5.82 Å². The van der Waals surface area contributed by atoms with Gasteiger partial charge in [-0.1, -0.05) is 20.8 Å². The summed E-state index contributed by atoms with van der Waals surface area (Å²) in [6.45, 7) is 8.99. The average molecular weight is 292 g/mol. The highest BCUT2D eigenvalue weighted by molar-refractivity contribution is 5.62. The van der Waals surface area contributed by atoms with Crippen molar-refractivity contribution in [2.75, 3.05) is 29.9 Å². The number of pyridine rings is 1. The molecule has 1 atom stereocenters.